The van der Waals surface area contributed by atoms with Gasteiger partial charge in [-0.25, -0.2) is 4.79 Å². The lowest BCUT2D eigenvalue weighted by molar-refractivity contribution is 0.892. The standard InChI is InChI=1S/C14H11BrN2O/c1-17-13-11(9-4-2-5-10(15)8-9)6-3-7-12(13)16-14(17)18/h2-8H,1H3,(H,16,18). The predicted octanol–water partition coefficient (Wildman–Crippen LogP) is 3.30. The summed E-state index contributed by atoms with van der Waals surface area (Å²) >= 11 is 3.47. The van der Waals surface area contributed by atoms with E-state index in [0.717, 1.165) is 26.6 Å². The van der Waals surface area contributed by atoms with Gasteiger partial charge in [0.25, 0.3) is 0 Å². The van der Waals surface area contributed by atoms with Crippen molar-refractivity contribution >= 4 is 27.0 Å². The second kappa shape index (κ2) is 4.14. The Kier molecular flexibility index (Phi) is 2.59. The number of halogens is 1. The molecule has 0 unspecified atom stereocenters. The van der Waals surface area contributed by atoms with Crippen LogP contribution in [-0.4, -0.2) is 9.55 Å². The SMILES string of the molecule is Cn1c(=O)[nH]c2cccc(-c3cccc(Br)c3)c21. The van der Waals surface area contributed by atoms with Gasteiger partial charge in [-0.05, 0) is 23.8 Å². The number of aromatic amines is 1. The summed E-state index contributed by atoms with van der Waals surface area (Å²) in [6, 6.07) is 14.0. The van der Waals surface area contributed by atoms with Crippen LogP contribution in [0.25, 0.3) is 22.2 Å². The Balaban J connectivity index is 2.39. The van der Waals surface area contributed by atoms with Crippen molar-refractivity contribution in [2.45, 2.75) is 0 Å². The van der Waals surface area contributed by atoms with Crippen molar-refractivity contribution in [2.24, 2.45) is 7.05 Å². The minimum atomic E-state index is -0.0903. The number of hydrogen-bond donors (Lipinski definition) is 1. The number of para-hydroxylation sites is 1. The lowest BCUT2D eigenvalue weighted by Gasteiger charge is -2.05. The highest BCUT2D eigenvalue weighted by Gasteiger charge is 2.09. The van der Waals surface area contributed by atoms with E-state index in [1.807, 2.05) is 42.5 Å². The molecule has 0 atom stereocenters. The van der Waals surface area contributed by atoms with Crippen LogP contribution in [0.1, 0.15) is 0 Å². The van der Waals surface area contributed by atoms with Gasteiger partial charge < -0.3 is 4.98 Å². The molecule has 1 heterocycles. The van der Waals surface area contributed by atoms with Crippen LogP contribution in [0.15, 0.2) is 51.7 Å². The summed E-state index contributed by atoms with van der Waals surface area (Å²) in [6.07, 6.45) is 0. The van der Waals surface area contributed by atoms with Gasteiger partial charge in [0.05, 0.1) is 11.0 Å². The first-order valence-corrected chi connectivity index (χ1v) is 6.40. The number of nitrogens with zero attached hydrogens (tertiary/aromatic N) is 1. The van der Waals surface area contributed by atoms with E-state index in [0.29, 0.717) is 0 Å². The van der Waals surface area contributed by atoms with Crippen molar-refractivity contribution < 1.29 is 0 Å². The molecule has 0 saturated heterocycles. The molecule has 0 aliphatic heterocycles. The molecule has 0 amide bonds. The molecule has 90 valence electrons. The molecule has 0 fully saturated rings. The first kappa shape index (κ1) is 11.3. The molecular formula is C14H11BrN2O. The molecule has 0 aliphatic rings. The number of hydrogen-bond acceptors (Lipinski definition) is 1. The Morgan fingerprint density at radius 2 is 1.94 bits per heavy atom. The summed E-state index contributed by atoms with van der Waals surface area (Å²) < 4.78 is 2.67. The van der Waals surface area contributed by atoms with Gasteiger partial charge in [0.2, 0.25) is 0 Å². The Labute approximate surface area is 112 Å². The third kappa shape index (κ3) is 1.69. The number of H-pyrrole nitrogens is 1. The van der Waals surface area contributed by atoms with Crippen LogP contribution in [0.5, 0.6) is 0 Å². The first-order chi connectivity index (χ1) is 8.66. The maximum atomic E-state index is 11.7. The molecule has 18 heavy (non-hydrogen) atoms. The summed E-state index contributed by atoms with van der Waals surface area (Å²) in [4.78, 5) is 14.5. The maximum Gasteiger partial charge on any atom is 0.326 e. The topological polar surface area (TPSA) is 37.8 Å². The molecule has 3 nitrogen and oxygen atoms in total. The fourth-order valence-electron chi connectivity index (χ4n) is 2.20. The molecule has 0 bridgehead atoms. The molecule has 0 aliphatic carbocycles. The molecule has 1 aromatic heterocycles. The minimum absolute atomic E-state index is 0.0903. The van der Waals surface area contributed by atoms with Crippen molar-refractivity contribution in [1.29, 1.82) is 0 Å². The molecule has 4 heteroatoms. The van der Waals surface area contributed by atoms with Crippen LogP contribution < -0.4 is 5.69 Å². The first-order valence-electron chi connectivity index (χ1n) is 5.60. The second-order valence-electron chi connectivity index (χ2n) is 4.20. The zero-order valence-corrected chi connectivity index (χ0v) is 11.4. The molecule has 3 rings (SSSR count). The summed E-state index contributed by atoms with van der Waals surface area (Å²) in [5, 5.41) is 0. The predicted molar refractivity (Wildman–Crippen MR) is 76.7 cm³/mol. The summed E-state index contributed by atoms with van der Waals surface area (Å²) in [7, 11) is 1.78. The molecule has 2 aromatic carbocycles. The number of aryl methyl sites for hydroxylation is 1. The summed E-state index contributed by atoms with van der Waals surface area (Å²) in [6.45, 7) is 0. The number of rotatable bonds is 1. The third-order valence-corrected chi connectivity index (χ3v) is 3.55. The van der Waals surface area contributed by atoms with E-state index in [-0.39, 0.29) is 5.69 Å². The van der Waals surface area contributed by atoms with Gasteiger partial charge in [0.15, 0.2) is 0 Å². The smallest absolute Gasteiger partial charge is 0.306 e. The molecule has 0 saturated carbocycles. The normalized spacial score (nSPS) is 11.0. The van der Waals surface area contributed by atoms with Crippen LogP contribution in [-0.2, 0) is 7.05 Å². The third-order valence-electron chi connectivity index (χ3n) is 3.05. The average molecular weight is 303 g/mol. The van der Waals surface area contributed by atoms with Crippen LogP contribution in [0, 0.1) is 0 Å². The largest absolute Gasteiger partial charge is 0.326 e. The van der Waals surface area contributed by atoms with Crippen molar-refractivity contribution in [2.75, 3.05) is 0 Å². The molecular weight excluding hydrogens is 292 g/mol. The quantitative estimate of drug-likeness (QED) is 0.736. The van der Waals surface area contributed by atoms with Gasteiger partial charge in [-0.2, -0.15) is 0 Å². The fraction of sp³-hybridized carbons (Fsp3) is 0.0714. The number of fused-ring (bicyclic) bond motifs is 1. The number of aromatic nitrogens is 2. The fourth-order valence-corrected chi connectivity index (χ4v) is 2.59. The Morgan fingerprint density at radius 3 is 2.72 bits per heavy atom. The highest BCUT2D eigenvalue weighted by molar-refractivity contribution is 9.10. The highest BCUT2D eigenvalue weighted by Crippen LogP contribution is 2.28. The lowest BCUT2D eigenvalue weighted by atomic mass is 10.0. The van der Waals surface area contributed by atoms with Crippen molar-refractivity contribution in [3.8, 4) is 11.1 Å². The molecule has 0 radical (unpaired) electrons. The van der Waals surface area contributed by atoms with Gasteiger partial charge in [0, 0.05) is 17.1 Å². The zero-order chi connectivity index (χ0) is 12.7. The molecule has 3 aromatic rings. The number of benzene rings is 2. The van der Waals surface area contributed by atoms with Gasteiger partial charge in [-0.1, -0.05) is 40.2 Å². The Hall–Kier alpha value is -1.81. The minimum Gasteiger partial charge on any atom is -0.306 e. The van der Waals surface area contributed by atoms with Gasteiger partial charge in [-0.3, -0.25) is 4.57 Å². The van der Waals surface area contributed by atoms with Crippen LogP contribution in [0.4, 0.5) is 0 Å². The van der Waals surface area contributed by atoms with E-state index in [1.165, 1.54) is 0 Å². The van der Waals surface area contributed by atoms with Crippen molar-refractivity contribution in [3.63, 3.8) is 0 Å². The average Bonchev–Trinajstić information content (AvgIpc) is 2.65. The van der Waals surface area contributed by atoms with E-state index < -0.39 is 0 Å². The summed E-state index contributed by atoms with van der Waals surface area (Å²) in [5.41, 5.74) is 3.84. The van der Waals surface area contributed by atoms with E-state index >= 15 is 0 Å². The Morgan fingerprint density at radius 1 is 1.17 bits per heavy atom. The van der Waals surface area contributed by atoms with Crippen LogP contribution in [0.3, 0.4) is 0 Å². The lowest BCUT2D eigenvalue weighted by Crippen LogP contribution is -2.12. The van der Waals surface area contributed by atoms with Gasteiger partial charge in [0.1, 0.15) is 0 Å². The molecule has 1 N–H and O–H groups in total. The van der Waals surface area contributed by atoms with E-state index in [4.69, 9.17) is 0 Å². The summed E-state index contributed by atoms with van der Waals surface area (Å²) in [5.74, 6) is 0. The van der Waals surface area contributed by atoms with E-state index in [9.17, 15) is 4.79 Å². The second-order valence-corrected chi connectivity index (χ2v) is 5.12. The monoisotopic (exact) mass is 302 g/mol. The maximum absolute atomic E-state index is 11.7. The number of imidazole rings is 1. The number of nitrogens with one attached hydrogen (secondary N) is 1. The Bertz CT molecular complexity index is 786. The van der Waals surface area contributed by atoms with Gasteiger partial charge >= 0.3 is 5.69 Å². The van der Waals surface area contributed by atoms with E-state index in [2.05, 4.69) is 20.9 Å². The van der Waals surface area contributed by atoms with E-state index in [1.54, 1.807) is 11.6 Å². The van der Waals surface area contributed by atoms with Crippen LogP contribution >= 0.6 is 15.9 Å². The van der Waals surface area contributed by atoms with Gasteiger partial charge in [-0.15, -0.1) is 0 Å². The zero-order valence-electron chi connectivity index (χ0n) is 9.77. The van der Waals surface area contributed by atoms with Crippen LogP contribution in [0.2, 0.25) is 0 Å². The van der Waals surface area contributed by atoms with Crippen molar-refractivity contribution in [3.05, 3.63) is 57.4 Å². The highest BCUT2D eigenvalue weighted by atomic mass is 79.9. The van der Waals surface area contributed by atoms with Crippen molar-refractivity contribution in [1.82, 2.24) is 9.55 Å². The molecule has 0 spiro atoms.